The van der Waals surface area contributed by atoms with Crippen molar-refractivity contribution in [3.63, 3.8) is 0 Å². The van der Waals surface area contributed by atoms with E-state index in [9.17, 15) is 24.2 Å². The topological polar surface area (TPSA) is 201 Å². The average molecular weight is 644 g/mol. The molecule has 1 aromatic carbocycles. The van der Waals surface area contributed by atoms with Crippen LogP contribution in [0.25, 0.3) is 11.2 Å². The Balaban J connectivity index is 1.28. The first-order valence-electron chi connectivity index (χ1n) is 13.6. The van der Waals surface area contributed by atoms with E-state index in [0.717, 1.165) is 19.4 Å². The predicted octanol–water partition coefficient (Wildman–Crippen LogP) is 2.95. The van der Waals surface area contributed by atoms with E-state index in [2.05, 4.69) is 32.0 Å². The second kappa shape index (κ2) is 11.2. The maximum atomic E-state index is 12.1. The Morgan fingerprint density at radius 1 is 1.05 bits per heavy atom. The number of halogens is 1. The summed E-state index contributed by atoms with van der Waals surface area (Å²) in [6.45, 7) is 0.0725. The Hall–Kier alpha value is -1.96. The number of aromatic nitrogens is 4. The summed E-state index contributed by atoms with van der Waals surface area (Å²) in [5.41, 5.74) is 1.97. The van der Waals surface area contributed by atoms with Gasteiger partial charge in [0.25, 0.3) is 0 Å². The minimum atomic E-state index is -4.84. The van der Waals surface area contributed by atoms with Gasteiger partial charge in [-0.3, -0.25) is 13.7 Å². The monoisotopic (exact) mass is 643 g/mol. The van der Waals surface area contributed by atoms with Gasteiger partial charge in [0, 0.05) is 12.0 Å². The van der Waals surface area contributed by atoms with Crippen molar-refractivity contribution in [1.82, 2.24) is 19.5 Å². The number of hydrogen-bond acceptors (Lipinski definition) is 10. The van der Waals surface area contributed by atoms with Crippen LogP contribution in [0.5, 0.6) is 0 Å². The van der Waals surface area contributed by atoms with Crippen LogP contribution >= 0.6 is 26.8 Å². The van der Waals surface area contributed by atoms with Crippen LogP contribution in [-0.2, 0) is 18.4 Å². The number of fused-ring (bicyclic) bond motifs is 1. The van der Waals surface area contributed by atoms with Crippen LogP contribution in [-0.4, -0.2) is 81.8 Å². The van der Waals surface area contributed by atoms with E-state index in [1.807, 2.05) is 18.2 Å². The molecule has 3 aromatic rings. The highest BCUT2D eigenvalue weighted by Gasteiger charge is 2.54. The van der Waals surface area contributed by atoms with Gasteiger partial charge in [-0.05, 0) is 30.0 Å². The molecule has 6 atom stereocenters. The van der Waals surface area contributed by atoms with Crippen LogP contribution < -0.4 is 4.90 Å². The molecule has 5 N–H and O–H groups in total. The van der Waals surface area contributed by atoms with E-state index >= 15 is 0 Å². The van der Waals surface area contributed by atoms with Crippen molar-refractivity contribution in [3.05, 3.63) is 47.5 Å². The van der Waals surface area contributed by atoms with Crippen molar-refractivity contribution in [1.29, 1.82) is 0 Å². The molecule has 14 nitrogen and oxygen atoms in total. The zero-order valence-corrected chi connectivity index (χ0v) is 24.9. The average Bonchev–Trinajstić information content (AvgIpc) is 3.46. The first kappa shape index (κ1) is 30.1. The summed E-state index contributed by atoms with van der Waals surface area (Å²) in [4.78, 5) is 43.4. The number of anilines is 1. The summed E-state index contributed by atoms with van der Waals surface area (Å²) in [7, 11) is -9.54. The van der Waals surface area contributed by atoms with E-state index in [4.69, 9.17) is 30.6 Å². The first-order valence-corrected chi connectivity index (χ1v) is 17.6. The Labute approximate surface area is 246 Å². The van der Waals surface area contributed by atoms with Crippen molar-refractivity contribution in [2.24, 2.45) is 5.41 Å². The third kappa shape index (κ3) is 5.66. The largest absolute Gasteiger partial charge is 0.387 e. The second-order valence-corrected chi connectivity index (χ2v) is 15.6. The molecule has 2 saturated heterocycles. The van der Waals surface area contributed by atoms with Crippen molar-refractivity contribution >= 4 is 43.8 Å². The van der Waals surface area contributed by atoms with Gasteiger partial charge in [-0.2, -0.15) is 9.97 Å². The molecule has 2 aromatic heterocycles. The predicted molar refractivity (Wildman–Crippen MR) is 151 cm³/mol. The zero-order valence-electron chi connectivity index (χ0n) is 22.4. The van der Waals surface area contributed by atoms with Crippen LogP contribution in [0, 0.1) is 5.41 Å². The molecule has 4 unspecified atom stereocenters. The Morgan fingerprint density at radius 2 is 1.76 bits per heavy atom. The quantitative estimate of drug-likeness (QED) is 0.177. The molecule has 42 heavy (non-hydrogen) atoms. The number of nitrogens with zero attached hydrogens (tertiary/aromatic N) is 5. The number of rotatable bonds is 8. The highest BCUT2D eigenvalue weighted by molar-refractivity contribution is 7.70. The van der Waals surface area contributed by atoms with Crippen molar-refractivity contribution in [3.8, 4) is 0 Å². The summed E-state index contributed by atoms with van der Waals surface area (Å²) < 4.78 is 35.2. The normalized spacial score (nSPS) is 29.1. The fourth-order valence-corrected chi connectivity index (χ4v) is 9.34. The molecule has 1 aliphatic carbocycles. The molecule has 17 heteroatoms. The maximum absolute atomic E-state index is 12.1. The van der Waals surface area contributed by atoms with Crippen molar-refractivity contribution in [2.75, 3.05) is 24.0 Å². The zero-order chi connectivity index (χ0) is 29.9. The summed E-state index contributed by atoms with van der Waals surface area (Å²) in [6.07, 6.45) is 1.59. The second-order valence-electron chi connectivity index (χ2n) is 11.3. The summed E-state index contributed by atoms with van der Waals surface area (Å²) >= 11 is 6.42. The summed E-state index contributed by atoms with van der Waals surface area (Å²) in [5, 5.41) is 21.4. The van der Waals surface area contributed by atoms with Crippen LogP contribution in [0.1, 0.15) is 49.9 Å². The molecular weight excluding hydrogens is 612 g/mol. The van der Waals surface area contributed by atoms with E-state index < -0.39 is 52.2 Å². The van der Waals surface area contributed by atoms with Crippen LogP contribution in [0.4, 0.5) is 5.82 Å². The molecule has 3 fully saturated rings. The molecule has 1 saturated carbocycles. The Morgan fingerprint density at radius 3 is 2.45 bits per heavy atom. The smallest absolute Gasteiger partial charge is 0.340 e. The minimum Gasteiger partial charge on any atom is -0.387 e. The lowest BCUT2D eigenvalue weighted by atomic mass is 9.61. The molecule has 3 aliphatic rings. The molecule has 2 aliphatic heterocycles. The lowest BCUT2D eigenvalue weighted by Gasteiger charge is -2.60. The Kier molecular flexibility index (Phi) is 8.02. The minimum absolute atomic E-state index is 0.0396. The maximum Gasteiger partial charge on any atom is 0.340 e. The lowest BCUT2D eigenvalue weighted by molar-refractivity contribution is -0.0483. The molecule has 0 radical (unpaired) electrons. The summed E-state index contributed by atoms with van der Waals surface area (Å²) in [6, 6.07) is 10.3. The number of aliphatic hydroxyl groups is 2. The van der Waals surface area contributed by atoms with Gasteiger partial charge in [-0.1, -0.05) is 49.6 Å². The van der Waals surface area contributed by atoms with Gasteiger partial charge in [-0.25, -0.2) is 4.98 Å². The van der Waals surface area contributed by atoms with E-state index in [-0.39, 0.29) is 22.4 Å². The molecular formula is C25H32ClN5O9P2. The third-order valence-corrected chi connectivity index (χ3v) is 12.0. The van der Waals surface area contributed by atoms with Gasteiger partial charge < -0.3 is 39.1 Å². The molecule has 0 bridgehead atoms. The van der Waals surface area contributed by atoms with Gasteiger partial charge in [0.2, 0.25) is 5.28 Å². The SMILES string of the molecule is O=P(O)(O)CP(=O)(O)OC[C@H]1O[C@@H](n2cnc3c(N4CC5(CCCCC5)C4c4ccccc4)nc(Cl)nc32)C(O)C1O. The highest BCUT2D eigenvalue weighted by Crippen LogP contribution is 2.59. The highest BCUT2D eigenvalue weighted by atomic mass is 35.5. The number of ether oxygens (including phenoxy) is 1. The lowest BCUT2D eigenvalue weighted by Crippen LogP contribution is -2.60. The number of aliphatic hydroxyl groups excluding tert-OH is 2. The van der Waals surface area contributed by atoms with Crippen LogP contribution in [0.3, 0.4) is 0 Å². The molecule has 228 valence electrons. The van der Waals surface area contributed by atoms with Gasteiger partial charge in [0.15, 0.2) is 29.1 Å². The summed E-state index contributed by atoms with van der Waals surface area (Å²) in [5.74, 6) is -0.846. The van der Waals surface area contributed by atoms with Crippen LogP contribution in [0.15, 0.2) is 36.7 Å². The van der Waals surface area contributed by atoms with E-state index in [1.165, 1.54) is 35.7 Å². The molecule has 4 heterocycles. The fraction of sp³-hybridized carbons (Fsp3) is 0.560. The van der Waals surface area contributed by atoms with Crippen molar-refractivity contribution < 1.29 is 43.3 Å². The number of benzene rings is 1. The third-order valence-electron chi connectivity index (χ3n) is 8.40. The molecule has 1 spiro atoms. The van der Waals surface area contributed by atoms with E-state index in [0.29, 0.717) is 11.3 Å². The first-order chi connectivity index (χ1) is 19.9. The Bertz CT molecular complexity index is 1550. The number of imidazole rings is 1. The van der Waals surface area contributed by atoms with E-state index in [1.54, 1.807) is 0 Å². The molecule has 6 rings (SSSR count). The fourth-order valence-electron chi connectivity index (χ4n) is 6.61. The van der Waals surface area contributed by atoms with Crippen LogP contribution in [0.2, 0.25) is 5.28 Å². The van der Waals surface area contributed by atoms with Crippen molar-refractivity contribution in [2.45, 2.75) is 62.7 Å². The van der Waals surface area contributed by atoms with Gasteiger partial charge in [0.1, 0.15) is 18.3 Å². The number of hydrogen-bond donors (Lipinski definition) is 5. The van der Waals surface area contributed by atoms with Gasteiger partial charge in [0.05, 0.1) is 19.0 Å². The van der Waals surface area contributed by atoms with Gasteiger partial charge in [-0.15, -0.1) is 0 Å². The molecule has 0 amide bonds. The van der Waals surface area contributed by atoms with Gasteiger partial charge >= 0.3 is 15.2 Å². The standard InChI is InChI=1S/C25H32ClN5O9P2/c26-24-28-21(30-12-25(9-5-2-6-10-25)20(30)15-7-3-1-4-8-15)17-22(29-24)31(13-27-17)23-19(33)18(32)16(40-23)11-39-42(37,38)14-41(34,35)36/h1,3-4,7-8,13,16,18-20,23,32-33H,2,5-6,9-12,14H2,(H,37,38)(H2,34,35,36)/t16-,18?,19?,20?,23-/m1/s1.